The average Bonchev–Trinajstić information content (AvgIpc) is 2.38. The summed E-state index contributed by atoms with van der Waals surface area (Å²) in [4.78, 5) is 22.8. The van der Waals surface area contributed by atoms with Crippen LogP contribution in [0, 0.1) is 0 Å². The van der Waals surface area contributed by atoms with Crippen molar-refractivity contribution in [1.29, 1.82) is 0 Å². The first kappa shape index (κ1) is 17.1. The number of hydrogen-bond acceptors (Lipinski definition) is 3. The highest BCUT2D eigenvalue weighted by molar-refractivity contribution is 9.10. The molecule has 0 saturated carbocycles. The summed E-state index contributed by atoms with van der Waals surface area (Å²) in [6, 6.07) is 3.43. The molecule has 0 aromatic heterocycles. The standard InChI is InChI=1S/C12H14BrClN2O3S/c1-20-5-4-10(11(17)18)16-12(19)15-7-2-3-9(14)8(13)6-7/h2-3,6,10H,4-5H2,1H3,(H,17,18)(H2,15,16,19). The van der Waals surface area contributed by atoms with Gasteiger partial charge in [0.15, 0.2) is 0 Å². The molecule has 110 valence electrons. The van der Waals surface area contributed by atoms with E-state index >= 15 is 0 Å². The van der Waals surface area contributed by atoms with Gasteiger partial charge >= 0.3 is 12.0 Å². The molecular weight excluding hydrogens is 368 g/mol. The minimum absolute atomic E-state index is 0.369. The lowest BCUT2D eigenvalue weighted by molar-refractivity contribution is -0.139. The van der Waals surface area contributed by atoms with Crippen molar-refractivity contribution >= 4 is 57.0 Å². The van der Waals surface area contributed by atoms with Crippen LogP contribution in [0.25, 0.3) is 0 Å². The van der Waals surface area contributed by atoms with Gasteiger partial charge < -0.3 is 15.7 Å². The summed E-state index contributed by atoms with van der Waals surface area (Å²) in [5, 5.41) is 14.5. The highest BCUT2D eigenvalue weighted by atomic mass is 79.9. The van der Waals surface area contributed by atoms with Crippen molar-refractivity contribution in [2.24, 2.45) is 0 Å². The molecular formula is C12H14BrClN2O3S. The highest BCUT2D eigenvalue weighted by Crippen LogP contribution is 2.25. The number of hydrogen-bond donors (Lipinski definition) is 3. The lowest BCUT2D eigenvalue weighted by Gasteiger charge is -2.14. The smallest absolute Gasteiger partial charge is 0.326 e. The van der Waals surface area contributed by atoms with Crippen molar-refractivity contribution in [2.45, 2.75) is 12.5 Å². The van der Waals surface area contributed by atoms with Gasteiger partial charge in [0.2, 0.25) is 0 Å². The fourth-order valence-corrected chi connectivity index (χ4v) is 2.36. The zero-order chi connectivity index (χ0) is 15.1. The normalized spacial score (nSPS) is 11.8. The maximum absolute atomic E-state index is 11.7. The second-order valence-electron chi connectivity index (χ2n) is 3.90. The van der Waals surface area contributed by atoms with Crippen LogP contribution in [0.3, 0.4) is 0 Å². The van der Waals surface area contributed by atoms with E-state index in [1.165, 1.54) is 11.8 Å². The van der Waals surface area contributed by atoms with E-state index in [1.807, 2.05) is 6.26 Å². The van der Waals surface area contributed by atoms with Gasteiger partial charge in [0.05, 0.1) is 5.02 Å². The van der Waals surface area contributed by atoms with E-state index in [1.54, 1.807) is 18.2 Å². The Hall–Kier alpha value is -0.920. The quantitative estimate of drug-likeness (QED) is 0.705. The Bertz CT molecular complexity index is 502. The minimum Gasteiger partial charge on any atom is -0.480 e. The second-order valence-corrected chi connectivity index (χ2v) is 6.15. The summed E-state index contributed by atoms with van der Waals surface area (Å²) in [7, 11) is 0. The van der Waals surface area contributed by atoms with Gasteiger partial charge in [-0.3, -0.25) is 0 Å². The van der Waals surface area contributed by atoms with Crippen LogP contribution in [-0.2, 0) is 4.79 Å². The lowest BCUT2D eigenvalue weighted by atomic mass is 10.2. The largest absolute Gasteiger partial charge is 0.480 e. The van der Waals surface area contributed by atoms with E-state index in [0.29, 0.717) is 27.4 Å². The number of carbonyl (C=O) groups is 2. The van der Waals surface area contributed by atoms with Crippen LogP contribution in [0.2, 0.25) is 5.02 Å². The zero-order valence-corrected chi connectivity index (χ0v) is 13.8. The number of thioether (sulfide) groups is 1. The molecule has 2 amide bonds. The summed E-state index contributed by atoms with van der Waals surface area (Å²) in [5.74, 6) is -0.393. The first-order valence-electron chi connectivity index (χ1n) is 5.68. The Kier molecular flexibility index (Phi) is 7.18. The third-order valence-electron chi connectivity index (χ3n) is 2.39. The van der Waals surface area contributed by atoms with Gasteiger partial charge in [0.25, 0.3) is 0 Å². The maximum atomic E-state index is 11.7. The maximum Gasteiger partial charge on any atom is 0.326 e. The first-order valence-corrected chi connectivity index (χ1v) is 8.25. The van der Waals surface area contributed by atoms with Crippen molar-refractivity contribution in [3.63, 3.8) is 0 Å². The molecule has 1 rings (SSSR count). The van der Waals surface area contributed by atoms with Crippen molar-refractivity contribution in [3.8, 4) is 0 Å². The molecule has 1 atom stereocenters. The number of rotatable bonds is 6. The van der Waals surface area contributed by atoms with Crippen LogP contribution in [-0.4, -0.2) is 35.2 Å². The number of nitrogens with one attached hydrogen (secondary N) is 2. The molecule has 0 bridgehead atoms. The summed E-state index contributed by atoms with van der Waals surface area (Å²) in [5.41, 5.74) is 0.521. The van der Waals surface area contributed by atoms with Crippen LogP contribution in [0.15, 0.2) is 22.7 Å². The average molecular weight is 382 g/mol. The first-order chi connectivity index (χ1) is 9.43. The Morgan fingerprint density at radius 3 is 2.75 bits per heavy atom. The van der Waals surface area contributed by atoms with Gasteiger partial charge in [-0.05, 0) is 52.6 Å². The van der Waals surface area contributed by atoms with Gasteiger partial charge in [-0.15, -0.1) is 0 Å². The van der Waals surface area contributed by atoms with Gasteiger partial charge in [-0.1, -0.05) is 11.6 Å². The Morgan fingerprint density at radius 1 is 1.50 bits per heavy atom. The number of urea groups is 1. The molecule has 0 spiro atoms. The molecule has 5 nitrogen and oxygen atoms in total. The Balaban J connectivity index is 2.60. The Labute approximate surface area is 134 Å². The molecule has 8 heteroatoms. The molecule has 0 fully saturated rings. The summed E-state index contributed by atoms with van der Waals surface area (Å²) in [6.07, 6.45) is 2.25. The van der Waals surface area contributed by atoms with Gasteiger partial charge in [0, 0.05) is 10.2 Å². The molecule has 1 aromatic rings. The molecule has 0 aliphatic carbocycles. The molecule has 0 heterocycles. The van der Waals surface area contributed by atoms with Crippen molar-refractivity contribution in [1.82, 2.24) is 5.32 Å². The molecule has 0 saturated heterocycles. The monoisotopic (exact) mass is 380 g/mol. The number of benzene rings is 1. The fraction of sp³-hybridized carbons (Fsp3) is 0.333. The highest BCUT2D eigenvalue weighted by Gasteiger charge is 2.19. The topological polar surface area (TPSA) is 78.4 Å². The zero-order valence-electron chi connectivity index (χ0n) is 10.7. The minimum atomic E-state index is -1.05. The number of carboxylic acid groups (broad SMARTS) is 1. The van der Waals surface area contributed by atoms with Crippen LogP contribution in [0.5, 0.6) is 0 Å². The van der Waals surface area contributed by atoms with Gasteiger partial charge in [-0.25, -0.2) is 9.59 Å². The number of anilines is 1. The number of carbonyl (C=O) groups excluding carboxylic acids is 1. The molecule has 3 N–H and O–H groups in total. The van der Waals surface area contributed by atoms with Crippen LogP contribution >= 0.6 is 39.3 Å². The summed E-state index contributed by atoms with van der Waals surface area (Å²) >= 11 is 10.6. The van der Waals surface area contributed by atoms with E-state index in [0.717, 1.165) is 0 Å². The molecule has 0 radical (unpaired) electrons. The Morgan fingerprint density at radius 2 is 2.20 bits per heavy atom. The van der Waals surface area contributed by atoms with E-state index in [2.05, 4.69) is 26.6 Å². The molecule has 1 aromatic carbocycles. The molecule has 20 heavy (non-hydrogen) atoms. The second kappa shape index (κ2) is 8.39. The number of amides is 2. The SMILES string of the molecule is CSCCC(NC(=O)Nc1ccc(Cl)c(Br)c1)C(=O)O. The van der Waals surface area contributed by atoms with Crippen LogP contribution in [0.4, 0.5) is 10.5 Å². The summed E-state index contributed by atoms with van der Waals surface area (Å²) in [6.45, 7) is 0. The number of halogens is 2. The predicted molar refractivity (Wildman–Crippen MR) is 85.7 cm³/mol. The van der Waals surface area contributed by atoms with Crippen LogP contribution in [0.1, 0.15) is 6.42 Å². The third kappa shape index (κ3) is 5.60. The fourth-order valence-electron chi connectivity index (χ4n) is 1.39. The summed E-state index contributed by atoms with van der Waals surface area (Å²) < 4.78 is 0.647. The van der Waals surface area contributed by atoms with Crippen LogP contribution < -0.4 is 10.6 Å². The molecule has 0 aliphatic rings. The van der Waals surface area contributed by atoms with Gasteiger partial charge in [0.1, 0.15) is 6.04 Å². The lowest BCUT2D eigenvalue weighted by Crippen LogP contribution is -2.43. The number of aliphatic carboxylic acids is 1. The van der Waals surface area contributed by atoms with E-state index in [4.69, 9.17) is 16.7 Å². The van der Waals surface area contributed by atoms with E-state index in [-0.39, 0.29) is 0 Å². The van der Waals surface area contributed by atoms with Crippen molar-refractivity contribution in [3.05, 3.63) is 27.7 Å². The predicted octanol–water partition coefficient (Wildman–Crippen LogP) is 3.43. The van der Waals surface area contributed by atoms with E-state index < -0.39 is 18.0 Å². The molecule has 0 aliphatic heterocycles. The van der Waals surface area contributed by atoms with Crippen molar-refractivity contribution < 1.29 is 14.7 Å². The third-order valence-corrected chi connectivity index (χ3v) is 4.25. The van der Waals surface area contributed by atoms with Gasteiger partial charge in [-0.2, -0.15) is 11.8 Å². The van der Waals surface area contributed by atoms with Crippen molar-refractivity contribution in [2.75, 3.05) is 17.3 Å². The molecule has 1 unspecified atom stereocenters. The van der Waals surface area contributed by atoms with E-state index in [9.17, 15) is 9.59 Å². The number of carboxylic acids is 1.